The van der Waals surface area contributed by atoms with E-state index < -0.39 is 12.0 Å². The SMILES string of the molecule is COC(=O)C(N)c1cc(Br)ccc1OC. The van der Waals surface area contributed by atoms with Gasteiger partial charge in [-0.25, -0.2) is 0 Å². The fraction of sp³-hybridized carbons (Fsp3) is 0.300. The van der Waals surface area contributed by atoms with Crippen molar-refractivity contribution in [3.05, 3.63) is 28.2 Å². The number of nitrogens with two attached hydrogens (primary N) is 1. The Morgan fingerprint density at radius 2 is 2.13 bits per heavy atom. The number of benzene rings is 1. The van der Waals surface area contributed by atoms with Crippen LogP contribution in [0.1, 0.15) is 11.6 Å². The van der Waals surface area contributed by atoms with Crippen molar-refractivity contribution in [3.8, 4) is 5.75 Å². The summed E-state index contributed by atoms with van der Waals surface area (Å²) < 4.78 is 10.5. The summed E-state index contributed by atoms with van der Waals surface area (Å²) in [6.45, 7) is 0. The lowest BCUT2D eigenvalue weighted by Gasteiger charge is -2.13. The van der Waals surface area contributed by atoms with Gasteiger partial charge in [0.05, 0.1) is 14.2 Å². The maximum atomic E-state index is 11.3. The lowest BCUT2D eigenvalue weighted by atomic mass is 10.1. The Labute approximate surface area is 96.5 Å². The van der Waals surface area contributed by atoms with Gasteiger partial charge >= 0.3 is 5.97 Å². The quantitative estimate of drug-likeness (QED) is 0.851. The third kappa shape index (κ3) is 2.70. The molecular weight excluding hydrogens is 262 g/mol. The largest absolute Gasteiger partial charge is 0.496 e. The van der Waals surface area contributed by atoms with E-state index in [0.29, 0.717) is 11.3 Å². The lowest BCUT2D eigenvalue weighted by Crippen LogP contribution is -2.23. The Bertz CT molecular complexity index is 368. The molecule has 5 heteroatoms. The third-order valence-electron chi connectivity index (χ3n) is 1.98. The van der Waals surface area contributed by atoms with Crippen LogP contribution in [0.5, 0.6) is 5.75 Å². The van der Waals surface area contributed by atoms with Crippen LogP contribution in [0.2, 0.25) is 0 Å². The van der Waals surface area contributed by atoms with Gasteiger partial charge in [-0.2, -0.15) is 0 Å². The lowest BCUT2D eigenvalue weighted by molar-refractivity contribution is -0.142. The van der Waals surface area contributed by atoms with Crippen LogP contribution in [0, 0.1) is 0 Å². The highest BCUT2D eigenvalue weighted by Crippen LogP contribution is 2.27. The Morgan fingerprint density at radius 3 is 2.67 bits per heavy atom. The second-order valence-electron chi connectivity index (χ2n) is 2.89. The summed E-state index contributed by atoms with van der Waals surface area (Å²) in [6, 6.07) is 4.46. The first-order chi connectivity index (χ1) is 7.10. The Morgan fingerprint density at radius 1 is 1.47 bits per heavy atom. The van der Waals surface area contributed by atoms with Gasteiger partial charge in [0, 0.05) is 10.0 Å². The standard InChI is InChI=1S/C10H12BrNO3/c1-14-8-4-3-6(11)5-7(8)9(12)10(13)15-2/h3-5,9H,12H2,1-2H3. The number of hydrogen-bond acceptors (Lipinski definition) is 4. The number of methoxy groups -OCH3 is 2. The molecule has 4 nitrogen and oxygen atoms in total. The number of rotatable bonds is 3. The second kappa shape index (κ2) is 5.14. The van der Waals surface area contributed by atoms with Crippen molar-refractivity contribution in [2.45, 2.75) is 6.04 Å². The van der Waals surface area contributed by atoms with Gasteiger partial charge in [-0.3, -0.25) is 4.79 Å². The van der Waals surface area contributed by atoms with E-state index in [2.05, 4.69) is 20.7 Å². The molecule has 2 N–H and O–H groups in total. The monoisotopic (exact) mass is 273 g/mol. The zero-order valence-corrected chi connectivity index (χ0v) is 10.1. The highest BCUT2D eigenvalue weighted by Gasteiger charge is 2.20. The predicted molar refractivity (Wildman–Crippen MR) is 59.6 cm³/mol. The number of ether oxygens (including phenoxy) is 2. The molecule has 1 rings (SSSR count). The molecule has 0 heterocycles. The molecule has 82 valence electrons. The van der Waals surface area contributed by atoms with Crippen LogP contribution in [0.3, 0.4) is 0 Å². The number of hydrogen-bond donors (Lipinski definition) is 1. The van der Waals surface area contributed by atoms with Crippen LogP contribution in [0.25, 0.3) is 0 Å². The molecule has 0 aliphatic carbocycles. The van der Waals surface area contributed by atoms with E-state index in [9.17, 15) is 4.79 Å². The molecule has 1 aromatic rings. The smallest absolute Gasteiger partial charge is 0.327 e. The zero-order chi connectivity index (χ0) is 11.4. The predicted octanol–water partition coefficient (Wildman–Crippen LogP) is 1.63. The minimum Gasteiger partial charge on any atom is -0.496 e. The zero-order valence-electron chi connectivity index (χ0n) is 8.49. The number of halogens is 1. The fourth-order valence-corrected chi connectivity index (χ4v) is 1.58. The van der Waals surface area contributed by atoms with Gasteiger partial charge in [0.15, 0.2) is 0 Å². The van der Waals surface area contributed by atoms with Gasteiger partial charge in [-0.1, -0.05) is 15.9 Å². The van der Waals surface area contributed by atoms with Crippen LogP contribution >= 0.6 is 15.9 Å². The Balaban J connectivity index is 3.10. The Kier molecular flexibility index (Phi) is 4.11. The molecule has 15 heavy (non-hydrogen) atoms. The summed E-state index contributed by atoms with van der Waals surface area (Å²) in [7, 11) is 2.82. The maximum Gasteiger partial charge on any atom is 0.327 e. The first-order valence-electron chi connectivity index (χ1n) is 4.27. The average Bonchev–Trinajstić information content (AvgIpc) is 2.27. The highest BCUT2D eigenvalue weighted by molar-refractivity contribution is 9.10. The molecule has 1 atom stereocenters. The number of carbonyl (C=O) groups is 1. The molecule has 0 aliphatic rings. The summed E-state index contributed by atoms with van der Waals surface area (Å²) in [6.07, 6.45) is 0. The van der Waals surface area contributed by atoms with Crippen molar-refractivity contribution in [1.29, 1.82) is 0 Å². The molecular formula is C10H12BrNO3. The summed E-state index contributed by atoms with van der Waals surface area (Å²) in [5, 5.41) is 0. The second-order valence-corrected chi connectivity index (χ2v) is 3.80. The van der Waals surface area contributed by atoms with Crippen molar-refractivity contribution in [2.75, 3.05) is 14.2 Å². The van der Waals surface area contributed by atoms with Crippen molar-refractivity contribution >= 4 is 21.9 Å². The molecule has 0 saturated heterocycles. The van der Waals surface area contributed by atoms with Crippen LogP contribution in [0.15, 0.2) is 22.7 Å². The van der Waals surface area contributed by atoms with Crippen molar-refractivity contribution in [3.63, 3.8) is 0 Å². The summed E-state index contributed by atoms with van der Waals surface area (Å²) >= 11 is 3.30. The van der Waals surface area contributed by atoms with Crippen LogP contribution in [-0.2, 0) is 9.53 Å². The molecule has 0 bridgehead atoms. The molecule has 0 aliphatic heterocycles. The van der Waals surface area contributed by atoms with Crippen molar-refractivity contribution in [1.82, 2.24) is 0 Å². The average molecular weight is 274 g/mol. The van der Waals surface area contributed by atoms with Crippen molar-refractivity contribution in [2.24, 2.45) is 5.73 Å². The number of esters is 1. The molecule has 0 fully saturated rings. The van der Waals surface area contributed by atoms with Crippen molar-refractivity contribution < 1.29 is 14.3 Å². The normalized spacial score (nSPS) is 12.0. The van der Waals surface area contributed by atoms with Gasteiger partial charge in [0.2, 0.25) is 0 Å². The van der Waals surface area contributed by atoms with E-state index in [1.54, 1.807) is 12.1 Å². The van der Waals surface area contributed by atoms with E-state index in [-0.39, 0.29) is 0 Å². The first-order valence-corrected chi connectivity index (χ1v) is 5.06. The van der Waals surface area contributed by atoms with E-state index in [0.717, 1.165) is 4.47 Å². The highest BCUT2D eigenvalue weighted by atomic mass is 79.9. The Hall–Kier alpha value is -1.07. The molecule has 1 aromatic carbocycles. The van der Waals surface area contributed by atoms with Gasteiger partial charge in [-0.15, -0.1) is 0 Å². The molecule has 0 amide bonds. The molecule has 0 spiro atoms. The topological polar surface area (TPSA) is 61.5 Å². The van der Waals surface area contributed by atoms with Gasteiger partial charge < -0.3 is 15.2 Å². The van der Waals surface area contributed by atoms with E-state index in [1.807, 2.05) is 6.07 Å². The van der Waals surface area contributed by atoms with Crippen LogP contribution in [0.4, 0.5) is 0 Å². The summed E-state index contributed by atoms with van der Waals surface area (Å²) in [5.41, 5.74) is 6.31. The van der Waals surface area contributed by atoms with Gasteiger partial charge in [0.25, 0.3) is 0 Å². The van der Waals surface area contributed by atoms with Gasteiger partial charge in [0.1, 0.15) is 11.8 Å². The van der Waals surface area contributed by atoms with Crippen LogP contribution < -0.4 is 10.5 Å². The molecule has 0 radical (unpaired) electrons. The van der Waals surface area contributed by atoms with Gasteiger partial charge in [-0.05, 0) is 18.2 Å². The van der Waals surface area contributed by atoms with Crippen LogP contribution in [-0.4, -0.2) is 20.2 Å². The molecule has 0 saturated carbocycles. The number of carbonyl (C=O) groups excluding carboxylic acids is 1. The van der Waals surface area contributed by atoms with E-state index >= 15 is 0 Å². The molecule has 0 aromatic heterocycles. The maximum absolute atomic E-state index is 11.3. The third-order valence-corrected chi connectivity index (χ3v) is 2.48. The minimum atomic E-state index is -0.831. The summed E-state index contributed by atoms with van der Waals surface area (Å²) in [5.74, 6) is 0.0718. The summed E-state index contributed by atoms with van der Waals surface area (Å²) in [4.78, 5) is 11.3. The van der Waals surface area contributed by atoms with E-state index in [1.165, 1.54) is 14.2 Å². The molecule has 1 unspecified atom stereocenters. The first kappa shape index (κ1) is 12.0. The van der Waals surface area contributed by atoms with E-state index in [4.69, 9.17) is 10.5 Å². The minimum absolute atomic E-state index is 0.494. The fourth-order valence-electron chi connectivity index (χ4n) is 1.20.